The molecule has 1 fully saturated rings. The average Bonchev–Trinajstić information content (AvgIpc) is 2.93. The molecule has 0 spiro atoms. The minimum absolute atomic E-state index is 0.108. The van der Waals surface area contributed by atoms with Crippen molar-refractivity contribution < 1.29 is 14.6 Å². The molecule has 1 atom stereocenters. The molecule has 1 aliphatic rings. The highest BCUT2D eigenvalue weighted by atomic mass is 32.1. The number of thiophene rings is 1. The zero-order valence-electron chi connectivity index (χ0n) is 10.8. The molecule has 0 saturated carbocycles. The maximum atomic E-state index is 12.0. The van der Waals surface area contributed by atoms with E-state index >= 15 is 0 Å². The Morgan fingerprint density at radius 3 is 3.00 bits per heavy atom. The van der Waals surface area contributed by atoms with Gasteiger partial charge in [-0.3, -0.25) is 4.79 Å². The fourth-order valence-electron chi connectivity index (χ4n) is 2.05. The summed E-state index contributed by atoms with van der Waals surface area (Å²) in [6, 6.07) is 1.94. The molecule has 0 radical (unpaired) electrons. The highest BCUT2D eigenvalue weighted by Gasteiger charge is 2.32. The number of rotatable bonds is 4. The zero-order valence-corrected chi connectivity index (χ0v) is 11.6. The Balaban J connectivity index is 1.95. The van der Waals surface area contributed by atoms with Crippen molar-refractivity contribution in [1.29, 1.82) is 0 Å². The van der Waals surface area contributed by atoms with Crippen molar-refractivity contribution in [3.8, 4) is 0 Å². The van der Waals surface area contributed by atoms with Crippen molar-refractivity contribution in [2.45, 2.75) is 32.3 Å². The first kappa shape index (κ1) is 13.5. The average molecular weight is 269 g/mol. The van der Waals surface area contributed by atoms with Crippen LogP contribution in [0.1, 0.15) is 33.5 Å². The standard InChI is InChI=1S/C13H19NO3S/c1-3-10-6-11(18-9(10)2)12(15)14-7-13(16)4-5-17-8-13/h6,16H,3-5,7-8H2,1-2H3,(H,14,15). The lowest BCUT2D eigenvalue weighted by Gasteiger charge is -2.20. The zero-order chi connectivity index (χ0) is 13.2. The van der Waals surface area contributed by atoms with Gasteiger partial charge in [-0.25, -0.2) is 0 Å². The molecule has 0 aromatic carbocycles. The topological polar surface area (TPSA) is 58.6 Å². The lowest BCUT2D eigenvalue weighted by Crippen LogP contribution is -2.43. The first-order valence-electron chi connectivity index (χ1n) is 6.22. The summed E-state index contributed by atoms with van der Waals surface area (Å²) in [4.78, 5) is 13.9. The third-order valence-corrected chi connectivity index (χ3v) is 4.38. The smallest absolute Gasteiger partial charge is 0.261 e. The molecule has 2 rings (SSSR count). The fraction of sp³-hybridized carbons (Fsp3) is 0.615. The van der Waals surface area contributed by atoms with Crippen molar-refractivity contribution in [2.24, 2.45) is 0 Å². The van der Waals surface area contributed by atoms with Crippen LogP contribution in [-0.4, -0.2) is 36.4 Å². The number of aryl methyl sites for hydroxylation is 2. The minimum Gasteiger partial charge on any atom is -0.386 e. The molecule has 1 aromatic heterocycles. The van der Waals surface area contributed by atoms with Crippen molar-refractivity contribution in [3.63, 3.8) is 0 Å². The predicted molar refractivity (Wildman–Crippen MR) is 71.2 cm³/mol. The van der Waals surface area contributed by atoms with Crippen molar-refractivity contribution in [1.82, 2.24) is 5.32 Å². The van der Waals surface area contributed by atoms with Crippen molar-refractivity contribution >= 4 is 17.2 Å². The Kier molecular flexibility index (Phi) is 4.04. The first-order chi connectivity index (χ1) is 8.54. The normalized spacial score (nSPS) is 23.3. The molecule has 4 nitrogen and oxygen atoms in total. The Morgan fingerprint density at radius 2 is 2.44 bits per heavy atom. The summed E-state index contributed by atoms with van der Waals surface area (Å²) >= 11 is 1.50. The summed E-state index contributed by atoms with van der Waals surface area (Å²) in [7, 11) is 0. The van der Waals surface area contributed by atoms with Crippen LogP contribution in [-0.2, 0) is 11.2 Å². The van der Waals surface area contributed by atoms with E-state index in [1.807, 2.05) is 13.0 Å². The van der Waals surface area contributed by atoms with Gasteiger partial charge in [-0.15, -0.1) is 11.3 Å². The Morgan fingerprint density at radius 1 is 1.67 bits per heavy atom. The van der Waals surface area contributed by atoms with Crippen LogP contribution in [0.3, 0.4) is 0 Å². The quantitative estimate of drug-likeness (QED) is 0.871. The van der Waals surface area contributed by atoms with Gasteiger partial charge in [0.25, 0.3) is 5.91 Å². The summed E-state index contributed by atoms with van der Waals surface area (Å²) in [6.07, 6.45) is 1.52. The first-order valence-corrected chi connectivity index (χ1v) is 7.03. The third-order valence-electron chi connectivity index (χ3n) is 3.29. The number of amides is 1. The van der Waals surface area contributed by atoms with Gasteiger partial charge in [0.05, 0.1) is 11.5 Å². The van der Waals surface area contributed by atoms with E-state index in [2.05, 4.69) is 12.2 Å². The maximum Gasteiger partial charge on any atom is 0.261 e. The van der Waals surface area contributed by atoms with Gasteiger partial charge in [0.2, 0.25) is 0 Å². The maximum absolute atomic E-state index is 12.0. The molecule has 18 heavy (non-hydrogen) atoms. The van der Waals surface area contributed by atoms with E-state index in [-0.39, 0.29) is 12.5 Å². The van der Waals surface area contributed by atoms with Gasteiger partial charge in [0.1, 0.15) is 5.60 Å². The van der Waals surface area contributed by atoms with Gasteiger partial charge in [-0.2, -0.15) is 0 Å². The van der Waals surface area contributed by atoms with Gasteiger partial charge in [-0.1, -0.05) is 6.92 Å². The fourth-order valence-corrected chi connectivity index (χ4v) is 3.08. The largest absolute Gasteiger partial charge is 0.386 e. The second-order valence-electron chi connectivity index (χ2n) is 4.76. The molecular weight excluding hydrogens is 250 g/mol. The molecule has 0 aliphatic carbocycles. The van der Waals surface area contributed by atoms with Gasteiger partial charge in [0, 0.05) is 24.4 Å². The third kappa shape index (κ3) is 2.91. The van der Waals surface area contributed by atoms with Crippen molar-refractivity contribution in [2.75, 3.05) is 19.8 Å². The van der Waals surface area contributed by atoms with Gasteiger partial charge < -0.3 is 15.2 Å². The van der Waals surface area contributed by atoms with Crippen LogP contribution in [0, 0.1) is 6.92 Å². The van der Waals surface area contributed by atoms with Crippen molar-refractivity contribution in [3.05, 3.63) is 21.4 Å². The van der Waals surface area contributed by atoms with E-state index < -0.39 is 5.60 Å². The summed E-state index contributed by atoms with van der Waals surface area (Å²) in [5.74, 6) is -0.108. The highest BCUT2D eigenvalue weighted by molar-refractivity contribution is 7.14. The van der Waals surface area contributed by atoms with Gasteiger partial charge in [0.15, 0.2) is 0 Å². The lowest BCUT2D eigenvalue weighted by atomic mass is 10.0. The van der Waals surface area contributed by atoms with Gasteiger partial charge >= 0.3 is 0 Å². The number of carbonyl (C=O) groups is 1. The molecule has 1 aromatic rings. The number of nitrogens with one attached hydrogen (secondary N) is 1. The minimum atomic E-state index is -0.893. The van der Waals surface area contributed by atoms with Crippen LogP contribution in [0.4, 0.5) is 0 Å². The summed E-state index contributed by atoms with van der Waals surface area (Å²) < 4.78 is 5.14. The van der Waals surface area contributed by atoms with Crippen LogP contribution in [0.2, 0.25) is 0 Å². The van der Waals surface area contributed by atoms with Crippen LogP contribution in [0.5, 0.6) is 0 Å². The number of aliphatic hydroxyl groups is 1. The monoisotopic (exact) mass is 269 g/mol. The molecule has 1 saturated heterocycles. The Labute approximate surface area is 111 Å². The lowest BCUT2D eigenvalue weighted by molar-refractivity contribution is 0.0265. The van der Waals surface area contributed by atoms with E-state index in [9.17, 15) is 9.90 Å². The molecule has 5 heteroatoms. The predicted octanol–water partition coefficient (Wildman–Crippen LogP) is 1.50. The molecular formula is C13H19NO3S. The van der Waals surface area contributed by atoms with Crippen LogP contribution in [0.25, 0.3) is 0 Å². The molecule has 1 aliphatic heterocycles. The second-order valence-corrected chi connectivity index (χ2v) is 6.01. The van der Waals surface area contributed by atoms with Gasteiger partial charge in [-0.05, 0) is 25.0 Å². The number of carbonyl (C=O) groups excluding carboxylic acids is 1. The summed E-state index contributed by atoms with van der Waals surface area (Å²) in [5, 5.41) is 12.8. The molecule has 100 valence electrons. The van der Waals surface area contributed by atoms with E-state index in [0.29, 0.717) is 24.5 Å². The Bertz CT molecular complexity index is 435. The highest BCUT2D eigenvalue weighted by Crippen LogP contribution is 2.22. The van der Waals surface area contributed by atoms with E-state index in [1.54, 1.807) is 0 Å². The van der Waals surface area contributed by atoms with E-state index in [0.717, 1.165) is 6.42 Å². The van der Waals surface area contributed by atoms with Crippen LogP contribution >= 0.6 is 11.3 Å². The summed E-state index contributed by atoms with van der Waals surface area (Å²) in [5.41, 5.74) is 0.322. The summed E-state index contributed by atoms with van der Waals surface area (Å²) in [6.45, 7) is 5.22. The van der Waals surface area contributed by atoms with E-state index in [4.69, 9.17) is 4.74 Å². The number of ether oxygens (including phenoxy) is 1. The second kappa shape index (κ2) is 5.38. The van der Waals surface area contributed by atoms with Crippen LogP contribution in [0.15, 0.2) is 6.07 Å². The van der Waals surface area contributed by atoms with Crippen LogP contribution < -0.4 is 5.32 Å². The Hall–Kier alpha value is -0.910. The molecule has 1 unspecified atom stereocenters. The van der Waals surface area contributed by atoms with E-state index in [1.165, 1.54) is 21.8 Å². The molecule has 1 amide bonds. The SMILES string of the molecule is CCc1cc(C(=O)NCC2(O)CCOC2)sc1C. The number of hydrogen-bond acceptors (Lipinski definition) is 4. The number of hydrogen-bond donors (Lipinski definition) is 2. The molecule has 2 N–H and O–H groups in total. The molecule has 0 bridgehead atoms. The molecule has 2 heterocycles.